The summed E-state index contributed by atoms with van der Waals surface area (Å²) in [7, 11) is 0. The number of phenolic OH excluding ortho intramolecular Hbond substituents is 1. The summed E-state index contributed by atoms with van der Waals surface area (Å²) in [6.45, 7) is 4.33. The first kappa shape index (κ1) is 35.5. The third-order valence-electron chi connectivity index (χ3n) is 12.9. The quantitative estimate of drug-likeness (QED) is 0.155. The third-order valence-corrected chi connectivity index (χ3v) is 13.1. The molecule has 0 spiro atoms. The summed E-state index contributed by atoms with van der Waals surface area (Å²) in [5, 5.41) is 13.1. The van der Waals surface area contributed by atoms with E-state index < -0.39 is 46.8 Å². The highest BCUT2D eigenvalue weighted by atomic mass is 35.5. The number of fused-ring (bicyclic) bond motifs is 4. The maximum absolute atomic E-state index is 15.3. The van der Waals surface area contributed by atoms with Crippen molar-refractivity contribution in [2.45, 2.75) is 56.5 Å². The van der Waals surface area contributed by atoms with E-state index in [1.807, 2.05) is 85.8 Å². The predicted molar refractivity (Wildman–Crippen MR) is 209 cm³/mol. The van der Waals surface area contributed by atoms with Gasteiger partial charge in [-0.05, 0) is 80.0 Å². The summed E-state index contributed by atoms with van der Waals surface area (Å²) in [4.78, 5) is 63.2. The van der Waals surface area contributed by atoms with E-state index in [1.54, 1.807) is 17.0 Å². The molecule has 9 nitrogen and oxygen atoms in total. The molecule has 2 N–H and O–H groups in total. The summed E-state index contributed by atoms with van der Waals surface area (Å²) in [5.41, 5.74) is 6.32. The average Bonchev–Trinajstić information content (AvgIpc) is 3.58. The number of phenols is 1. The number of piperidine rings is 1. The van der Waals surface area contributed by atoms with Crippen LogP contribution in [0.25, 0.3) is 0 Å². The number of carbonyl (C=O) groups is 4. The Morgan fingerprint density at radius 1 is 0.818 bits per heavy atom. The minimum atomic E-state index is -1.48. The smallest absolute Gasteiger partial charge is 0.260 e. The second-order valence-electron chi connectivity index (χ2n) is 15.8. The molecule has 1 saturated carbocycles. The van der Waals surface area contributed by atoms with Crippen LogP contribution in [0.4, 0.5) is 5.69 Å². The van der Waals surface area contributed by atoms with Crippen LogP contribution in [0.1, 0.15) is 53.9 Å². The van der Waals surface area contributed by atoms with Crippen molar-refractivity contribution in [3.05, 3.63) is 142 Å². The Kier molecular flexibility index (Phi) is 8.89. The van der Waals surface area contributed by atoms with E-state index in [0.29, 0.717) is 41.1 Å². The number of rotatable bonds is 7. The van der Waals surface area contributed by atoms with E-state index in [0.717, 1.165) is 35.8 Å². The summed E-state index contributed by atoms with van der Waals surface area (Å²) >= 11 is 6.64. The van der Waals surface area contributed by atoms with Crippen LogP contribution in [0.2, 0.25) is 5.02 Å². The molecule has 4 aromatic rings. The van der Waals surface area contributed by atoms with Gasteiger partial charge >= 0.3 is 0 Å². The average molecular weight is 755 g/mol. The fraction of sp³-hybridized carbons (Fsp3) is 0.333. The number of aromatic hydroxyl groups is 1. The molecular weight excluding hydrogens is 712 g/mol. The molecule has 4 amide bonds. The van der Waals surface area contributed by atoms with Crippen molar-refractivity contribution < 1.29 is 24.3 Å². The molecule has 0 radical (unpaired) electrons. The molecule has 280 valence electrons. The first-order valence-electron chi connectivity index (χ1n) is 19.3. The van der Waals surface area contributed by atoms with Crippen molar-refractivity contribution in [3.63, 3.8) is 0 Å². The minimum Gasteiger partial charge on any atom is -0.508 e. The van der Waals surface area contributed by atoms with Crippen LogP contribution in [-0.4, -0.2) is 62.7 Å². The Bertz CT molecular complexity index is 2200. The number of nitrogens with zero attached hydrogens (tertiary/aromatic N) is 3. The lowest BCUT2D eigenvalue weighted by Gasteiger charge is -2.50. The Morgan fingerprint density at radius 3 is 2.22 bits per heavy atom. The van der Waals surface area contributed by atoms with Crippen LogP contribution in [0.15, 0.2) is 115 Å². The predicted octanol–water partition coefficient (Wildman–Crippen LogP) is 7.00. The molecule has 3 aliphatic heterocycles. The molecular formula is C45H43ClN4O5. The fourth-order valence-electron chi connectivity index (χ4n) is 10.4. The van der Waals surface area contributed by atoms with Crippen LogP contribution >= 0.6 is 11.6 Å². The number of amides is 4. The molecule has 3 heterocycles. The van der Waals surface area contributed by atoms with Gasteiger partial charge in [-0.1, -0.05) is 102 Å². The van der Waals surface area contributed by atoms with Gasteiger partial charge in [0, 0.05) is 42.2 Å². The number of benzene rings is 4. The largest absolute Gasteiger partial charge is 0.508 e. The maximum atomic E-state index is 15.3. The van der Waals surface area contributed by atoms with E-state index >= 15 is 4.79 Å². The molecule has 4 fully saturated rings. The number of halogens is 1. The van der Waals surface area contributed by atoms with Gasteiger partial charge < -0.3 is 5.11 Å². The number of allylic oxidation sites excluding steroid dienone is 2. The SMILES string of the molecule is Cc1ccc(NN2C(=O)[C@@H]3C[C@@H]4C(=CC[C@@H]5C(=O)N(C6CCN(Cc7ccccc7)CC6)C(=O)[C@@H]54)[C@H](c4cc(Cl)ccc4O)[C@]3(c3ccccc3)C2=O)cc1. The van der Waals surface area contributed by atoms with Crippen LogP contribution in [0.3, 0.4) is 0 Å². The van der Waals surface area contributed by atoms with E-state index in [2.05, 4.69) is 22.5 Å². The van der Waals surface area contributed by atoms with Gasteiger partial charge in [0.05, 0.1) is 28.9 Å². The van der Waals surface area contributed by atoms with Crippen LogP contribution in [0, 0.1) is 30.6 Å². The highest BCUT2D eigenvalue weighted by molar-refractivity contribution is 6.30. The van der Waals surface area contributed by atoms with Gasteiger partial charge in [-0.15, -0.1) is 0 Å². The molecule has 0 bridgehead atoms. The number of hydrogen-bond donors (Lipinski definition) is 2. The molecule has 55 heavy (non-hydrogen) atoms. The molecule has 6 atom stereocenters. The van der Waals surface area contributed by atoms with Gasteiger partial charge in [-0.2, -0.15) is 5.01 Å². The number of aryl methyl sites for hydroxylation is 1. The van der Waals surface area contributed by atoms with Gasteiger partial charge in [-0.25, -0.2) is 0 Å². The van der Waals surface area contributed by atoms with Crippen LogP contribution < -0.4 is 5.43 Å². The first-order valence-corrected chi connectivity index (χ1v) is 19.6. The third kappa shape index (κ3) is 5.70. The zero-order chi connectivity index (χ0) is 38.0. The highest BCUT2D eigenvalue weighted by Crippen LogP contribution is 2.65. The molecule has 4 aromatic carbocycles. The van der Waals surface area contributed by atoms with Crippen LogP contribution in [-0.2, 0) is 31.1 Å². The Balaban J connectivity index is 1.11. The van der Waals surface area contributed by atoms with Gasteiger partial charge in [-0.3, -0.25) is 34.4 Å². The summed E-state index contributed by atoms with van der Waals surface area (Å²) in [6.07, 6.45) is 3.92. The topological polar surface area (TPSA) is 110 Å². The lowest BCUT2D eigenvalue weighted by molar-refractivity contribution is -0.144. The zero-order valence-corrected chi connectivity index (χ0v) is 31.4. The monoisotopic (exact) mass is 754 g/mol. The van der Waals surface area contributed by atoms with Gasteiger partial charge in [0.15, 0.2) is 0 Å². The number of imide groups is 2. The Morgan fingerprint density at radius 2 is 1.51 bits per heavy atom. The fourth-order valence-corrected chi connectivity index (χ4v) is 10.6. The zero-order valence-electron chi connectivity index (χ0n) is 30.6. The molecule has 5 aliphatic rings. The minimum absolute atomic E-state index is 0.0602. The number of hydrazine groups is 1. The molecule has 2 aliphatic carbocycles. The van der Waals surface area contributed by atoms with Crippen molar-refractivity contribution in [2.75, 3.05) is 18.5 Å². The van der Waals surface area contributed by atoms with E-state index in [9.17, 15) is 19.5 Å². The molecule has 3 saturated heterocycles. The number of nitrogens with one attached hydrogen (secondary N) is 1. The van der Waals surface area contributed by atoms with Crippen molar-refractivity contribution in [1.82, 2.24) is 14.8 Å². The van der Waals surface area contributed by atoms with Crippen LogP contribution in [0.5, 0.6) is 5.75 Å². The van der Waals surface area contributed by atoms with E-state index in [4.69, 9.17) is 11.6 Å². The summed E-state index contributed by atoms with van der Waals surface area (Å²) < 4.78 is 0. The Labute approximate surface area is 325 Å². The Hall–Kier alpha value is -5.25. The lowest BCUT2D eigenvalue weighted by atomic mass is 9.49. The van der Waals surface area contributed by atoms with Crippen molar-refractivity contribution in [2.24, 2.45) is 23.7 Å². The van der Waals surface area contributed by atoms with Crippen molar-refractivity contribution >= 4 is 40.9 Å². The lowest BCUT2D eigenvalue weighted by Crippen LogP contribution is -2.53. The van der Waals surface area contributed by atoms with Gasteiger partial charge in [0.2, 0.25) is 11.8 Å². The van der Waals surface area contributed by atoms with E-state index in [1.165, 1.54) is 11.6 Å². The van der Waals surface area contributed by atoms with Crippen molar-refractivity contribution in [3.8, 4) is 5.75 Å². The van der Waals surface area contributed by atoms with Gasteiger partial charge in [0.25, 0.3) is 11.8 Å². The molecule has 0 aromatic heterocycles. The number of anilines is 1. The molecule has 10 heteroatoms. The van der Waals surface area contributed by atoms with Crippen molar-refractivity contribution in [1.29, 1.82) is 0 Å². The summed E-state index contributed by atoms with van der Waals surface area (Å²) in [5.74, 6) is -4.79. The molecule has 9 rings (SSSR count). The second-order valence-corrected chi connectivity index (χ2v) is 16.3. The normalized spacial score (nSPS) is 28.2. The summed E-state index contributed by atoms with van der Waals surface area (Å²) in [6, 6.07) is 31.6. The van der Waals surface area contributed by atoms with Gasteiger partial charge in [0.1, 0.15) is 5.75 Å². The molecule has 0 unspecified atom stereocenters. The maximum Gasteiger partial charge on any atom is 0.260 e. The number of hydrogen-bond acceptors (Lipinski definition) is 7. The van der Waals surface area contributed by atoms with E-state index in [-0.39, 0.29) is 30.0 Å². The number of carbonyl (C=O) groups excluding carboxylic acids is 4. The first-order chi connectivity index (χ1) is 26.7. The second kappa shape index (κ2) is 13.8. The standard InChI is InChI=1S/C45H43ClN4O5/c1-27-12-15-31(16-13-27)47-50-42(53)37-25-35-33(40(36-24-30(46)14-19-38(36)51)45(37,44(50)55)29-10-6-3-7-11-29)17-18-34-39(35)43(54)49(41(34)52)32-20-22-48(23-21-32)26-28-8-4-2-5-9-28/h2-17,19,24,32,34-35,37,39-40,47,51H,18,20-23,25-26H2,1H3/t34-,35+,37-,39-,40+,45+/m0/s1. The number of likely N-dealkylation sites (tertiary alicyclic amines) is 2. The highest BCUT2D eigenvalue weighted by Gasteiger charge is 2.70.